The lowest BCUT2D eigenvalue weighted by atomic mass is 10.1. The van der Waals surface area contributed by atoms with Gasteiger partial charge in [-0.15, -0.1) is 0 Å². The van der Waals surface area contributed by atoms with Gasteiger partial charge >= 0.3 is 5.97 Å². The van der Waals surface area contributed by atoms with Crippen molar-refractivity contribution < 1.29 is 18.8 Å². The molecule has 0 aliphatic carbocycles. The largest absolute Gasteiger partial charge is 0.477 e. The Balaban J connectivity index is 2.60. The first-order chi connectivity index (χ1) is 7.59. The summed E-state index contributed by atoms with van der Waals surface area (Å²) in [7, 11) is 0. The summed E-state index contributed by atoms with van der Waals surface area (Å²) in [5, 5.41) is 12.0. The maximum atomic E-state index is 12.9. The van der Waals surface area contributed by atoms with Crippen molar-refractivity contribution in [3.63, 3.8) is 0 Å². The van der Waals surface area contributed by atoms with Gasteiger partial charge in [0.15, 0.2) is 10.9 Å². The Hall–Kier alpha value is -1.88. The Morgan fingerprint density at radius 1 is 1.50 bits per heavy atom. The van der Waals surface area contributed by atoms with Gasteiger partial charge in [0, 0.05) is 5.56 Å². The molecule has 0 saturated carbocycles. The van der Waals surface area contributed by atoms with E-state index in [1.54, 1.807) is 0 Å². The van der Waals surface area contributed by atoms with Crippen molar-refractivity contribution in [3.05, 3.63) is 40.8 Å². The SMILES string of the molecule is O=C(O)c1c(Cl)noc1-c1cccc(F)c1. The molecule has 1 N–H and O–H groups in total. The highest BCUT2D eigenvalue weighted by molar-refractivity contribution is 6.32. The summed E-state index contributed by atoms with van der Waals surface area (Å²) in [6.45, 7) is 0. The molecule has 0 spiro atoms. The van der Waals surface area contributed by atoms with Gasteiger partial charge in [0.1, 0.15) is 11.4 Å². The molecule has 0 aliphatic rings. The standard InChI is InChI=1S/C10H5ClFNO3/c11-9-7(10(14)15)8(16-13-9)5-2-1-3-6(12)4-5/h1-4H,(H,14,15). The van der Waals surface area contributed by atoms with Crippen LogP contribution in [0.3, 0.4) is 0 Å². The van der Waals surface area contributed by atoms with Gasteiger partial charge in [-0.3, -0.25) is 0 Å². The number of carbonyl (C=O) groups is 1. The van der Waals surface area contributed by atoms with Crippen molar-refractivity contribution in [1.82, 2.24) is 5.16 Å². The predicted octanol–water partition coefficient (Wildman–Crippen LogP) is 2.83. The second-order valence-electron chi connectivity index (χ2n) is 2.99. The minimum absolute atomic E-state index is 0.0583. The van der Waals surface area contributed by atoms with Crippen LogP contribution in [0.5, 0.6) is 0 Å². The van der Waals surface area contributed by atoms with E-state index in [0.29, 0.717) is 0 Å². The van der Waals surface area contributed by atoms with Crippen LogP contribution in [-0.4, -0.2) is 16.2 Å². The quantitative estimate of drug-likeness (QED) is 0.878. The number of hydrogen-bond donors (Lipinski definition) is 1. The molecule has 0 atom stereocenters. The number of carboxylic acid groups (broad SMARTS) is 1. The van der Waals surface area contributed by atoms with E-state index in [9.17, 15) is 9.18 Å². The van der Waals surface area contributed by atoms with Gasteiger partial charge in [0.05, 0.1) is 0 Å². The van der Waals surface area contributed by atoms with Gasteiger partial charge in [-0.05, 0) is 12.1 Å². The number of benzene rings is 1. The minimum Gasteiger partial charge on any atom is -0.477 e. The average molecular weight is 242 g/mol. The summed E-state index contributed by atoms with van der Waals surface area (Å²) in [6.07, 6.45) is 0. The number of aromatic carboxylic acids is 1. The topological polar surface area (TPSA) is 63.3 Å². The molecule has 0 fully saturated rings. The molecule has 2 rings (SSSR count). The minimum atomic E-state index is -1.27. The fraction of sp³-hybridized carbons (Fsp3) is 0. The zero-order valence-corrected chi connectivity index (χ0v) is 8.53. The molecule has 0 saturated heterocycles. The van der Waals surface area contributed by atoms with E-state index >= 15 is 0 Å². The molecule has 1 aromatic carbocycles. The highest BCUT2D eigenvalue weighted by atomic mass is 35.5. The Morgan fingerprint density at radius 2 is 2.25 bits per heavy atom. The smallest absolute Gasteiger partial charge is 0.342 e. The first kappa shape index (κ1) is 10.6. The second kappa shape index (κ2) is 3.94. The van der Waals surface area contributed by atoms with Gasteiger partial charge < -0.3 is 9.63 Å². The molecule has 0 aliphatic heterocycles. The molecular weight excluding hydrogens is 237 g/mol. The molecule has 6 heteroatoms. The molecule has 16 heavy (non-hydrogen) atoms. The first-order valence-corrected chi connectivity index (χ1v) is 4.62. The third-order valence-corrected chi connectivity index (χ3v) is 2.21. The highest BCUT2D eigenvalue weighted by Gasteiger charge is 2.22. The fourth-order valence-electron chi connectivity index (χ4n) is 1.28. The molecule has 1 heterocycles. The number of aromatic nitrogens is 1. The van der Waals surface area contributed by atoms with Crippen LogP contribution in [0.15, 0.2) is 28.8 Å². The fourth-order valence-corrected chi connectivity index (χ4v) is 1.48. The molecular formula is C10H5ClFNO3. The van der Waals surface area contributed by atoms with Crippen molar-refractivity contribution in [2.75, 3.05) is 0 Å². The van der Waals surface area contributed by atoms with Crippen molar-refractivity contribution in [2.45, 2.75) is 0 Å². The molecule has 0 radical (unpaired) electrons. The highest BCUT2D eigenvalue weighted by Crippen LogP contribution is 2.29. The molecule has 4 nitrogen and oxygen atoms in total. The zero-order valence-electron chi connectivity index (χ0n) is 7.78. The molecule has 0 bridgehead atoms. The van der Waals surface area contributed by atoms with Gasteiger partial charge in [0.2, 0.25) is 0 Å². The number of carboxylic acids is 1. The van der Waals surface area contributed by atoms with Gasteiger partial charge in [-0.2, -0.15) is 0 Å². The summed E-state index contributed by atoms with van der Waals surface area (Å²) >= 11 is 5.55. The maximum Gasteiger partial charge on any atom is 0.342 e. The van der Waals surface area contributed by atoms with E-state index in [0.717, 1.165) is 6.07 Å². The van der Waals surface area contributed by atoms with Crippen molar-refractivity contribution in [1.29, 1.82) is 0 Å². The van der Waals surface area contributed by atoms with Crippen LogP contribution in [0.25, 0.3) is 11.3 Å². The lowest BCUT2D eigenvalue weighted by molar-refractivity contribution is 0.0697. The van der Waals surface area contributed by atoms with Crippen LogP contribution < -0.4 is 0 Å². The predicted molar refractivity (Wildman–Crippen MR) is 53.9 cm³/mol. The summed E-state index contributed by atoms with van der Waals surface area (Å²) in [4.78, 5) is 10.9. The maximum absolute atomic E-state index is 12.9. The summed E-state index contributed by atoms with van der Waals surface area (Å²) < 4.78 is 17.7. The van der Waals surface area contributed by atoms with Crippen LogP contribution in [0.1, 0.15) is 10.4 Å². The monoisotopic (exact) mass is 241 g/mol. The summed E-state index contributed by atoms with van der Waals surface area (Å²) in [6, 6.07) is 5.32. The van der Waals surface area contributed by atoms with Crippen LogP contribution in [0.4, 0.5) is 4.39 Å². The van der Waals surface area contributed by atoms with Gasteiger partial charge in [0.25, 0.3) is 0 Å². The van der Waals surface area contributed by atoms with E-state index in [1.165, 1.54) is 18.2 Å². The van der Waals surface area contributed by atoms with Crippen LogP contribution >= 0.6 is 11.6 Å². The number of nitrogens with zero attached hydrogens (tertiary/aromatic N) is 1. The van der Waals surface area contributed by atoms with Crippen molar-refractivity contribution in [2.24, 2.45) is 0 Å². The zero-order chi connectivity index (χ0) is 11.7. The third-order valence-electron chi connectivity index (χ3n) is 1.95. The van der Waals surface area contributed by atoms with E-state index in [-0.39, 0.29) is 22.0 Å². The van der Waals surface area contributed by atoms with Crippen LogP contribution in [-0.2, 0) is 0 Å². The lowest BCUT2D eigenvalue weighted by Gasteiger charge is -1.97. The Labute approximate surface area is 94.2 Å². The lowest BCUT2D eigenvalue weighted by Crippen LogP contribution is -1.97. The third kappa shape index (κ3) is 1.77. The van der Waals surface area contributed by atoms with E-state index < -0.39 is 11.8 Å². The summed E-state index contributed by atoms with van der Waals surface area (Å²) in [5.41, 5.74) is 0.00377. The normalized spacial score (nSPS) is 10.4. The molecule has 0 amide bonds. The van der Waals surface area contributed by atoms with Crippen LogP contribution in [0.2, 0.25) is 5.15 Å². The average Bonchev–Trinajstić information content (AvgIpc) is 2.60. The van der Waals surface area contributed by atoms with Gasteiger partial charge in [-0.25, -0.2) is 9.18 Å². The summed E-state index contributed by atoms with van der Waals surface area (Å²) in [5.74, 6) is -1.83. The Morgan fingerprint density at radius 3 is 2.88 bits per heavy atom. The second-order valence-corrected chi connectivity index (χ2v) is 3.35. The van der Waals surface area contributed by atoms with E-state index in [2.05, 4.69) is 5.16 Å². The van der Waals surface area contributed by atoms with E-state index in [4.69, 9.17) is 21.2 Å². The molecule has 0 unspecified atom stereocenters. The number of rotatable bonds is 2. The molecule has 82 valence electrons. The van der Waals surface area contributed by atoms with Gasteiger partial charge in [-0.1, -0.05) is 28.9 Å². The van der Waals surface area contributed by atoms with Crippen LogP contribution in [0, 0.1) is 5.82 Å². The van der Waals surface area contributed by atoms with E-state index in [1.807, 2.05) is 0 Å². The van der Waals surface area contributed by atoms with Crippen molar-refractivity contribution in [3.8, 4) is 11.3 Å². The Kier molecular flexibility index (Phi) is 2.62. The first-order valence-electron chi connectivity index (χ1n) is 4.24. The number of hydrogen-bond acceptors (Lipinski definition) is 3. The Bertz CT molecular complexity index is 553. The molecule has 2 aromatic rings. The molecule has 1 aromatic heterocycles. The van der Waals surface area contributed by atoms with Crippen molar-refractivity contribution >= 4 is 17.6 Å². The number of halogens is 2.